The minimum Gasteiger partial charge on any atom is -0.462 e. The molecule has 0 rings (SSSR count). The molecule has 326 valence electrons. The maximum absolute atomic E-state index is 12.6. The number of unbranched alkanes of at least 4 members (excludes halogenated alkanes) is 13. The van der Waals surface area contributed by atoms with Gasteiger partial charge in [-0.05, 0) is 83.5 Å². The van der Waals surface area contributed by atoms with Gasteiger partial charge < -0.3 is 20.1 Å². The van der Waals surface area contributed by atoms with E-state index < -0.39 is 32.5 Å². The van der Waals surface area contributed by atoms with E-state index in [1.165, 1.54) is 70.6 Å². The summed E-state index contributed by atoms with van der Waals surface area (Å²) in [5.74, 6) is -0.941. The Morgan fingerprint density at radius 2 is 0.947 bits per heavy atom. The van der Waals surface area contributed by atoms with Gasteiger partial charge in [-0.3, -0.25) is 18.6 Å². The maximum atomic E-state index is 12.6. The first-order chi connectivity index (χ1) is 27.8. The normalized spacial score (nSPS) is 14.1. The van der Waals surface area contributed by atoms with E-state index in [0.29, 0.717) is 12.8 Å². The van der Waals surface area contributed by atoms with Crippen LogP contribution in [0.4, 0.5) is 0 Å². The summed E-state index contributed by atoms with van der Waals surface area (Å²) in [5, 5.41) is 0. The number of rotatable bonds is 40. The predicted molar refractivity (Wildman–Crippen MR) is 238 cm³/mol. The van der Waals surface area contributed by atoms with Gasteiger partial charge >= 0.3 is 19.8 Å². The van der Waals surface area contributed by atoms with Crippen LogP contribution in [0.5, 0.6) is 0 Å². The van der Waals surface area contributed by atoms with E-state index in [1.54, 1.807) is 0 Å². The van der Waals surface area contributed by atoms with Gasteiger partial charge in [-0.1, -0.05) is 157 Å². The smallest absolute Gasteiger partial charge is 0.462 e. The summed E-state index contributed by atoms with van der Waals surface area (Å²) in [7, 11) is -4.40. The first kappa shape index (κ1) is 54.2. The highest BCUT2D eigenvalue weighted by atomic mass is 31.2. The van der Waals surface area contributed by atoms with Gasteiger partial charge in [0.1, 0.15) is 6.61 Å². The lowest BCUT2D eigenvalue weighted by molar-refractivity contribution is -0.161. The number of carbonyl (C=O) groups excluding carboxylic acids is 2. The third-order valence-electron chi connectivity index (χ3n) is 8.77. The zero-order valence-corrected chi connectivity index (χ0v) is 36.7. The Balaban J connectivity index is 4.30. The minimum absolute atomic E-state index is 0.0367. The van der Waals surface area contributed by atoms with Gasteiger partial charge in [0.15, 0.2) is 6.10 Å². The van der Waals surface area contributed by atoms with Crippen molar-refractivity contribution >= 4 is 19.8 Å². The van der Waals surface area contributed by atoms with Crippen LogP contribution >= 0.6 is 7.82 Å². The van der Waals surface area contributed by atoms with E-state index in [9.17, 15) is 19.0 Å². The van der Waals surface area contributed by atoms with Gasteiger partial charge in [-0.2, -0.15) is 0 Å². The Hall–Kier alpha value is -2.81. The van der Waals surface area contributed by atoms with Crippen LogP contribution in [0.15, 0.2) is 85.1 Å². The molecule has 1 unspecified atom stereocenters. The molecule has 0 aliphatic carbocycles. The average molecular weight is 818 g/mol. The molecule has 0 fully saturated rings. The number of carbonyl (C=O) groups is 2. The van der Waals surface area contributed by atoms with Gasteiger partial charge in [-0.15, -0.1) is 0 Å². The molecule has 0 amide bonds. The average Bonchev–Trinajstić information content (AvgIpc) is 3.20. The van der Waals surface area contributed by atoms with Crippen molar-refractivity contribution in [2.75, 3.05) is 26.4 Å². The summed E-state index contributed by atoms with van der Waals surface area (Å²) in [6.45, 7) is 3.57. The zero-order valence-electron chi connectivity index (χ0n) is 35.8. The molecule has 0 spiro atoms. The van der Waals surface area contributed by atoms with Crippen LogP contribution in [-0.4, -0.2) is 49.3 Å². The Kier molecular flexibility index (Phi) is 40.7. The number of hydrogen-bond acceptors (Lipinski definition) is 8. The molecule has 57 heavy (non-hydrogen) atoms. The highest BCUT2D eigenvalue weighted by molar-refractivity contribution is 7.47. The lowest BCUT2D eigenvalue weighted by Crippen LogP contribution is -2.29. The molecule has 0 aromatic carbocycles. The molecular formula is C47H80NO8P. The van der Waals surface area contributed by atoms with Crippen molar-refractivity contribution in [3.8, 4) is 0 Å². The summed E-state index contributed by atoms with van der Waals surface area (Å²) in [6, 6.07) is 0. The largest absolute Gasteiger partial charge is 0.472 e. The highest BCUT2D eigenvalue weighted by Gasteiger charge is 2.25. The highest BCUT2D eigenvalue weighted by Crippen LogP contribution is 2.43. The molecule has 0 bridgehead atoms. The fourth-order valence-corrected chi connectivity index (χ4v) is 6.23. The number of ether oxygens (including phenoxy) is 2. The first-order valence-electron chi connectivity index (χ1n) is 22.1. The van der Waals surface area contributed by atoms with E-state index in [2.05, 4.69) is 86.8 Å². The van der Waals surface area contributed by atoms with Crippen LogP contribution in [0.1, 0.15) is 168 Å². The standard InChI is InChI=1S/C47H80NO8P/c1-3-5-7-9-11-13-15-17-19-21-22-24-26-28-30-32-34-36-38-40-47(50)56-45(44-55-57(51,52)54-42-41-48)43-53-46(49)39-37-35-33-31-29-27-25-23-20-18-16-14-12-10-8-6-4-2/h11-14,17-20,22,24,28,30,34,36,45H,3-10,15-16,21,23,25-27,29,31-33,35,37-44,48H2,1-2H3,(H,51,52)/b13-11+,14-12+,19-17+,20-18+,24-22+,30-28+,36-34+/t45-/m1/s1. The van der Waals surface area contributed by atoms with E-state index in [-0.39, 0.29) is 32.6 Å². The Bertz CT molecular complexity index is 1210. The van der Waals surface area contributed by atoms with Crippen LogP contribution in [0.25, 0.3) is 0 Å². The second kappa shape index (κ2) is 42.8. The molecule has 0 saturated carbocycles. The molecule has 0 radical (unpaired) electrons. The Labute approximate surface area is 347 Å². The predicted octanol–water partition coefficient (Wildman–Crippen LogP) is 12.8. The van der Waals surface area contributed by atoms with Crippen LogP contribution < -0.4 is 5.73 Å². The quantitative estimate of drug-likeness (QED) is 0.0268. The molecule has 10 heteroatoms. The van der Waals surface area contributed by atoms with E-state index in [4.69, 9.17) is 24.3 Å². The van der Waals surface area contributed by atoms with Crippen LogP contribution in [-0.2, 0) is 32.7 Å². The van der Waals surface area contributed by atoms with Crippen molar-refractivity contribution < 1.29 is 37.6 Å². The first-order valence-corrected chi connectivity index (χ1v) is 23.6. The monoisotopic (exact) mass is 818 g/mol. The molecule has 0 aliphatic rings. The van der Waals surface area contributed by atoms with Gasteiger partial charge in [0.25, 0.3) is 0 Å². The third kappa shape index (κ3) is 42.6. The summed E-state index contributed by atoms with van der Waals surface area (Å²) in [4.78, 5) is 34.9. The van der Waals surface area contributed by atoms with Crippen molar-refractivity contribution in [1.82, 2.24) is 0 Å². The van der Waals surface area contributed by atoms with Crippen molar-refractivity contribution in [2.24, 2.45) is 5.73 Å². The molecule has 0 aromatic rings. The minimum atomic E-state index is -4.40. The third-order valence-corrected chi connectivity index (χ3v) is 9.75. The molecule has 3 N–H and O–H groups in total. The van der Waals surface area contributed by atoms with Gasteiger partial charge in [-0.25, -0.2) is 4.57 Å². The van der Waals surface area contributed by atoms with Crippen molar-refractivity contribution in [3.63, 3.8) is 0 Å². The number of nitrogens with two attached hydrogens (primary N) is 1. The van der Waals surface area contributed by atoms with E-state index in [1.807, 2.05) is 12.2 Å². The number of allylic oxidation sites excluding steroid dienone is 14. The van der Waals surface area contributed by atoms with Crippen molar-refractivity contribution in [1.29, 1.82) is 0 Å². The molecule has 0 heterocycles. The molecule has 9 nitrogen and oxygen atoms in total. The van der Waals surface area contributed by atoms with Gasteiger partial charge in [0.05, 0.1) is 13.2 Å². The number of esters is 2. The number of hydrogen-bond donors (Lipinski definition) is 2. The topological polar surface area (TPSA) is 134 Å². The second-order valence-corrected chi connectivity index (χ2v) is 15.7. The lowest BCUT2D eigenvalue weighted by Gasteiger charge is -2.19. The summed E-state index contributed by atoms with van der Waals surface area (Å²) >= 11 is 0. The number of phosphoric ester groups is 1. The molecule has 0 aliphatic heterocycles. The van der Waals surface area contributed by atoms with Crippen molar-refractivity contribution in [3.05, 3.63) is 85.1 Å². The summed E-state index contributed by atoms with van der Waals surface area (Å²) in [6.07, 6.45) is 53.4. The summed E-state index contributed by atoms with van der Waals surface area (Å²) in [5.41, 5.74) is 5.34. The Morgan fingerprint density at radius 1 is 0.526 bits per heavy atom. The summed E-state index contributed by atoms with van der Waals surface area (Å²) < 4.78 is 32.7. The van der Waals surface area contributed by atoms with E-state index >= 15 is 0 Å². The fraction of sp³-hybridized carbons (Fsp3) is 0.660. The molecule has 2 atom stereocenters. The zero-order chi connectivity index (χ0) is 41.8. The van der Waals surface area contributed by atoms with Crippen molar-refractivity contribution in [2.45, 2.75) is 174 Å². The second-order valence-electron chi connectivity index (χ2n) is 14.2. The Morgan fingerprint density at radius 3 is 1.42 bits per heavy atom. The van der Waals surface area contributed by atoms with E-state index in [0.717, 1.165) is 57.8 Å². The SMILES string of the molecule is CCCCC/C=C/C/C=C/C/C=C/C/C=C/C/C=C/CCC(=O)O[C@H](COC(=O)CCCCCCCCC/C=C/C/C=C/CCCCC)COP(=O)(O)OCCN. The maximum Gasteiger partial charge on any atom is 0.472 e. The fourth-order valence-electron chi connectivity index (χ4n) is 5.47. The van der Waals surface area contributed by atoms with Gasteiger partial charge in [0.2, 0.25) is 0 Å². The number of phosphoric acid groups is 1. The van der Waals surface area contributed by atoms with Crippen LogP contribution in [0.3, 0.4) is 0 Å². The van der Waals surface area contributed by atoms with Crippen LogP contribution in [0, 0.1) is 0 Å². The molecular weight excluding hydrogens is 737 g/mol. The lowest BCUT2D eigenvalue weighted by atomic mass is 10.1. The van der Waals surface area contributed by atoms with Crippen LogP contribution in [0.2, 0.25) is 0 Å². The molecule has 0 saturated heterocycles. The molecule has 0 aromatic heterocycles. The van der Waals surface area contributed by atoms with Gasteiger partial charge in [0, 0.05) is 19.4 Å².